The molecule has 1 aromatic rings. The molecular formula is C12H14O3. The predicted octanol–water partition coefficient (Wildman–Crippen LogP) is 2.25. The van der Waals surface area contributed by atoms with Gasteiger partial charge in [-0.2, -0.15) is 0 Å². The second-order valence-corrected chi connectivity index (χ2v) is 3.29. The van der Waals surface area contributed by atoms with Crippen LogP contribution in [0.15, 0.2) is 24.3 Å². The van der Waals surface area contributed by atoms with Crippen molar-refractivity contribution >= 4 is 11.6 Å². The van der Waals surface area contributed by atoms with Gasteiger partial charge < -0.3 is 4.74 Å². The fraction of sp³-hybridized carbons (Fsp3) is 0.333. The first kappa shape index (κ1) is 11.4. The second kappa shape index (κ2) is 5.29. The molecule has 0 saturated carbocycles. The molecule has 0 aliphatic rings. The maximum absolute atomic E-state index is 11.3. The molecule has 0 saturated heterocycles. The highest BCUT2D eigenvalue weighted by Crippen LogP contribution is 2.13. The minimum absolute atomic E-state index is 0.0243. The summed E-state index contributed by atoms with van der Waals surface area (Å²) >= 11 is 0. The molecule has 0 atom stereocenters. The molecule has 0 bridgehead atoms. The third kappa shape index (κ3) is 3.54. The van der Waals surface area contributed by atoms with E-state index in [9.17, 15) is 9.59 Å². The zero-order chi connectivity index (χ0) is 11.3. The van der Waals surface area contributed by atoms with E-state index in [4.69, 9.17) is 4.74 Å². The first-order valence-electron chi connectivity index (χ1n) is 4.89. The topological polar surface area (TPSA) is 43.4 Å². The Morgan fingerprint density at radius 1 is 1.20 bits per heavy atom. The SMILES string of the molecule is CCC(=O)c1ccc(OCC(C)=O)cc1. The van der Waals surface area contributed by atoms with Gasteiger partial charge in [-0.05, 0) is 31.2 Å². The van der Waals surface area contributed by atoms with Crippen LogP contribution in [0, 0.1) is 0 Å². The number of hydrogen-bond donors (Lipinski definition) is 0. The molecule has 0 aromatic heterocycles. The largest absolute Gasteiger partial charge is 0.486 e. The molecule has 0 amide bonds. The van der Waals surface area contributed by atoms with Crippen molar-refractivity contribution in [3.05, 3.63) is 29.8 Å². The molecule has 0 spiro atoms. The molecule has 1 rings (SSSR count). The van der Waals surface area contributed by atoms with Gasteiger partial charge in [0.15, 0.2) is 11.6 Å². The maximum atomic E-state index is 11.3. The zero-order valence-corrected chi connectivity index (χ0v) is 8.95. The lowest BCUT2D eigenvalue weighted by molar-refractivity contribution is -0.118. The summed E-state index contributed by atoms with van der Waals surface area (Å²) in [5, 5.41) is 0. The van der Waals surface area contributed by atoms with E-state index in [0.717, 1.165) is 0 Å². The fourth-order valence-corrected chi connectivity index (χ4v) is 1.13. The summed E-state index contributed by atoms with van der Waals surface area (Å²) in [6.45, 7) is 3.36. The average molecular weight is 206 g/mol. The van der Waals surface area contributed by atoms with E-state index < -0.39 is 0 Å². The van der Waals surface area contributed by atoms with Gasteiger partial charge in [-0.3, -0.25) is 9.59 Å². The van der Waals surface area contributed by atoms with E-state index in [1.807, 2.05) is 6.92 Å². The highest BCUT2D eigenvalue weighted by atomic mass is 16.5. The van der Waals surface area contributed by atoms with Crippen molar-refractivity contribution in [2.24, 2.45) is 0 Å². The molecule has 15 heavy (non-hydrogen) atoms. The van der Waals surface area contributed by atoms with Crippen LogP contribution >= 0.6 is 0 Å². The highest BCUT2D eigenvalue weighted by molar-refractivity contribution is 5.95. The molecular weight excluding hydrogens is 192 g/mol. The number of ether oxygens (including phenoxy) is 1. The van der Waals surface area contributed by atoms with Crippen molar-refractivity contribution in [2.75, 3.05) is 6.61 Å². The van der Waals surface area contributed by atoms with Crippen molar-refractivity contribution in [3.63, 3.8) is 0 Å². The number of hydrogen-bond acceptors (Lipinski definition) is 3. The summed E-state index contributed by atoms with van der Waals surface area (Å²) in [5.74, 6) is 0.690. The van der Waals surface area contributed by atoms with Crippen LogP contribution in [-0.2, 0) is 4.79 Å². The summed E-state index contributed by atoms with van der Waals surface area (Å²) in [6, 6.07) is 6.82. The van der Waals surface area contributed by atoms with Crippen LogP contribution < -0.4 is 4.74 Å². The Balaban J connectivity index is 2.64. The number of carbonyl (C=O) groups excluding carboxylic acids is 2. The van der Waals surface area contributed by atoms with Gasteiger partial charge in [-0.25, -0.2) is 0 Å². The van der Waals surface area contributed by atoms with Gasteiger partial charge in [-0.15, -0.1) is 0 Å². The summed E-state index contributed by atoms with van der Waals surface area (Å²) in [4.78, 5) is 22.0. The Labute approximate surface area is 89.1 Å². The lowest BCUT2D eigenvalue weighted by Gasteiger charge is -2.04. The van der Waals surface area contributed by atoms with Crippen molar-refractivity contribution in [2.45, 2.75) is 20.3 Å². The molecule has 0 fully saturated rings. The fourth-order valence-electron chi connectivity index (χ4n) is 1.13. The highest BCUT2D eigenvalue weighted by Gasteiger charge is 2.03. The van der Waals surface area contributed by atoms with E-state index in [1.54, 1.807) is 24.3 Å². The molecule has 0 radical (unpaired) electrons. The number of ketones is 2. The molecule has 1 aromatic carbocycles. The van der Waals surface area contributed by atoms with Gasteiger partial charge in [0, 0.05) is 12.0 Å². The Kier molecular flexibility index (Phi) is 4.03. The summed E-state index contributed by atoms with van der Waals surface area (Å²) in [7, 11) is 0. The summed E-state index contributed by atoms with van der Waals surface area (Å²) < 4.78 is 5.17. The Morgan fingerprint density at radius 2 is 1.80 bits per heavy atom. The molecule has 3 heteroatoms. The van der Waals surface area contributed by atoms with Crippen LogP contribution in [0.1, 0.15) is 30.6 Å². The Bertz CT molecular complexity index is 352. The van der Waals surface area contributed by atoms with Crippen LogP contribution in [0.3, 0.4) is 0 Å². The molecule has 3 nitrogen and oxygen atoms in total. The number of rotatable bonds is 5. The van der Waals surface area contributed by atoms with Crippen LogP contribution in [0.5, 0.6) is 5.75 Å². The van der Waals surface area contributed by atoms with Crippen LogP contribution in [0.4, 0.5) is 0 Å². The van der Waals surface area contributed by atoms with Crippen molar-refractivity contribution < 1.29 is 14.3 Å². The van der Waals surface area contributed by atoms with E-state index in [2.05, 4.69) is 0 Å². The third-order valence-electron chi connectivity index (χ3n) is 1.94. The number of Topliss-reactive ketones (excluding diaryl/α,β-unsaturated/α-hetero) is 2. The Morgan fingerprint density at radius 3 is 2.27 bits per heavy atom. The zero-order valence-electron chi connectivity index (χ0n) is 8.95. The monoisotopic (exact) mass is 206 g/mol. The minimum atomic E-state index is -0.0243. The molecule has 80 valence electrons. The molecule has 0 heterocycles. The van der Waals surface area contributed by atoms with E-state index >= 15 is 0 Å². The molecule has 0 N–H and O–H groups in total. The maximum Gasteiger partial charge on any atom is 0.167 e. The first-order chi connectivity index (χ1) is 7.13. The normalized spacial score (nSPS) is 9.73. The van der Waals surface area contributed by atoms with Gasteiger partial charge >= 0.3 is 0 Å². The smallest absolute Gasteiger partial charge is 0.167 e. The second-order valence-electron chi connectivity index (χ2n) is 3.29. The third-order valence-corrected chi connectivity index (χ3v) is 1.94. The average Bonchev–Trinajstić information content (AvgIpc) is 2.26. The number of benzene rings is 1. The van der Waals surface area contributed by atoms with Crippen LogP contribution in [0.2, 0.25) is 0 Å². The van der Waals surface area contributed by atoms with E-state index in [0.29, 0.717) is 17.7 Å². The standard InChI is InChI=1S/C12H14O3/c1-3-12(14)10-4-6-11(7-5-10)15-8-9(2)13/h4-7H,3,8H2,1-2H3. The van der Waals surface area contributed by atoms with Crippen LogP contribution in [0.25, 0.3) is 0 Å². The number of carbonyl (C=O) groups is 2. The van der Waals surface area contributed by atoms with Gasteiger partial charge in [0.1, 0.15) is 12.4 Å². The lowest BCUT2D eigenvalue weighted by atomic mass is 10.1. The minimum Gasteiger partial charge on any atom is -0.486 e. The summed E-state index contributed by atoms with van der Waals surface area (Å²) in [5.41, 5.74) is 0.674. The van der Waals surface area contributed by atoms with E-state index in [1.165, 1.54) is 6.92 Å². The molecule has 0 unspecified atom stereocenters. The molecule has 0 aliphatic heterocycles. The molecule has 0 aliphatic carbocycles. The van der Waals surface area contributed by atoms with Gasteiger partial charge in [0.2, 0.25) is 0 Å². The van der Waals surface area contributed by atoms with Crippen molar-refractivity contribution in [3.8, 4) is 5.75 Å². The quantitative estimate of drug-likeness (QED) is 0.694. The van der Waals surface area contributed by atoms with Crippen molar-refractivity contribution in [1.29, 1.82) is 0 Å². The first-order valence-corrected chi connectivity index (χ1v) is 4.89. The van der Waals surface area contributed by atoms with Crippen LogP contribution in [-0.4, -0.2) is 18.2 Å². The van der Waals surface area contributed by atoms with Gasteiger partial charge in [0.25, 0.3) is 0 Å². The van der Waals surface area contributed by atoms with Crippen molar-refractivity contribution in [1.82, 2.24) is 0 Å². The predicted molar refractivity (Wildman–Crippen MR) is 57.2 cm³/mol. The van der Waals surface area contributed by atoms with Gasteiger partial charge in [-0.1, -0.05) is 6.92 Å². The summed E-state index contributed by atoms with van der Waals surface area (Å²) in [6.07, 6.45) is 0.494. The Hall–Kier alpha value is -1.64. The van der Waals surface area contributed by atoms with Gasteiger partial charge in [0.05, 0.1) is 0 Å². The lowest BCUT2D eigenvalue weighted by Crippen LogP contribution is -2.06. The van der Waals surface area contributed by atoms with E-state index in [-0.39, 0.29) is 18.2 Å².